The molecule has 1 atom stereocenters. The Balaban J connectivity index is 1.66. The molecule has 6 nitrogen and oxygen atoms in total. The Hall–Kier alpha value is -3.45. The Morgan fingerprint density at radius 3 is 2.44 bits per heavy atom. The van der Waals surface area contributed by atoms with E-state index in [1.165, 1.54) is 16.9 Å². The van der Waals surface area contributed by atoms with E-state index in [-0.39, 0.29) is 11.9 Å². The molecule has 7 heteroatoms. The van der Waals surface area contributed by atoms with Gasteiger partial charge in [-0.15, -0.1) is 11.3 Å². The number of benzene rings is 2. The highest BCUT2D eigenvalue weighted by molar-refractivity contribution is 7.20. The fourth-order valence-corrected chi connectivity index (χ4v) is 6.20. The molecule has 3 heterocycles. The summed E-state index contributed by atoms with van der Waals surface area (Å²) in [5.41, 5.74) is 5.16. The summed E-state index contributed by atoms with van der Waals surface area (Å²) in [5, 5.41) is 0.985. The Kier molecular flexibility index (Phi) is 5.73. The van der Waals surface area contributed by atoms with Crippen LogP contribution in [0.25, 0.3) is 10.2 Å². The van der Waals surface area contributed by atoms with Crippen LogP contribution < -0.4 is 9.47 Å². The van der Waals surface area contributed by atoms with Crippen LogP contribution >= 0.6 is 11.3 Å². The number of amides is 1. The SMILES string of the molecule is COc1cc2c(cc1OC)C(c1ccccc1)N(C(=O)c1sc3nc(C)nc(C)c3c1C)CC2. The van der Waals surface area contributed by atoms with Crippen LogP contribution in [0.4, 0.5) is 0 Å². The minimum Gasteiger partial charge on any atom is -0.493 e. The molecule has 34 heavy (non-hydrogen) atoms. The minimum absolute atomic E-state index is 0.0202. The van der Waals surface area contributed by atoms with Crippen molar-refractivity contribution >= 4 is 27.5 Å². The second-order valence-electron chi connectivity index (χ2n) is 8.56. The van der Waals surface area contributed by atoms with Crippen LogP contribution in [0.2, 0.25) is 0 Å². The van der Waals surface area contributed by atoms with E-state index < -0.39 is 0 Å². The van der Waals surface area contributed by atoms with Gasteiger partial charge in [0.1, 0.15) is 10.7 Å². The zero-order valence-electron chi connectivity index (χ0n) is 20.0. The highest BCUT2D eigenvalue weighted by Crippen LogP contribution is 2.42. The predicted octanol–water partition coefficient (Wildman–Crippen LogP) is 5.42. The maximum absolute atomic E-state index is 14.1. The first-order valence-corrected chi connectivity index (χ1v) is 12.1. The minimum atomic E-state index is -0.226. The van der Waals surface area contributed by atoms with E-state index in [2.05, 4.69) is 22.1 Å². The quantitative estimate of drug-likeness (QED) is 0.396. The van der Waals surface area contributed by atoms with E-state index in [4.69, 9.17) is 9.47 Å². The summed E-state index contributed by atoms with van der Waals surface area (Å²) in [6.45, 7) is 6.48. The fourth-order valence-electron chi connectivity index (χ4n) is 4.97. The first-order valence-electron chi connectivity index (χ1n) is 11.3. The van der Waals surface area contributed by atoms with Gasteiger partial charge >= 0.3 is 0 Å². The lowest BCUT2D eigenvalue weighted by atomic mass is 9.87. The molecule has 0 fully saturated rings. The van der Waals surface area contributed by atoms with Crippen molar-refractivity contribution in [2.75, 3.05) is 20.8 Å². The number of ether oxygens (including phenoxy) is 2. The predicted molar refractivity (Wildman–Crippen MR) is 134 cm³/mol. The van der Waals surface area contributed by atoms with E-state index in [0.717, 1.165) is 49.7 Å². The summed E-state index contributed by atoms with van der Waals surface area (Å²) >= 11 is 1.46. The molecule has 0 radical (unpaired) electrons. The molecule has 174 valence electrons. The molecule has 1 aliphatic heterocycles. The summed E-state index contributed by atoms with van der Waals surface area (Å²) in [6, 6.07) is 14.0. The summed E-state index contributed by atoms with van der Waals surface area (Å²) < 4.78 is 11.1. The molecule has 0 aliphatic carbocycles. The van der Waals surface area contributed by atoms with E-state index in [0.29, 0.717) is 18.0 Å². The zero-order valence-corrected chi connectivity index (χ0v) is 20.8. The third kappa shape index (κ3) is 3.60. The molecule has 4 aromatic rings. The van der Waals surface area contributed by atoms with Crippen LogP contribution in [0.1, 0.15) is 49.5 Å². The van der Waals surface area contributed by atoms with Crippen molar-refractivity contribution in [1.82, 2.24) is 14.9 Å². The molecule has 1 aliphatic rings. The van der Waals surface area contributed by atoms with E-state index in [1.54, 1.807) is 14.2 Å². The van der Waals surface area contributed by atoms with Gasteiger partial charge in [-0.2, -0.15) is 0 Å². The molecule has 0 spiro atoms. The Morgan fingerprint density at radius 1 is 1.03 bits per heavy atom. The second-order valence-corrected chi connectivity index (χ2v) is 9.56. The first kappa shape index (κ1) is 22.3. The molecule has 1 unspecified atom stereocenters. The fraction of sp³-hybridized carbons (Fsp3) is 0.296. The van der Waals surface area contributed by atoms with Gasteiger partial charge in [0, 0.05) is 17.6 Å². The number of hydrogen-bond donors (Lipinski definition) is 0. The lowest BCUT2D eigenvalue weighted by molar-refractivity contribution is 0.0698. The lowest BCUT2D eigenvalue weighted by Gasteiger charge is -2.38. The van der Waals surface area contributed by atoms with Gasteiger partial charge in [-0.05, 0) is 61.6 Å². The molecule has 2 aromatic carbocycles. The summed E-state index contributed by atoms with van der Waals surface area (Å²) in [4.78, 5) is 26.8. The van der Waals surface area contributed by atoms with E-state index >= 15 is 0 Å². The highest BCUT2D eigenvalue weighted by atomic mass is 32.1. The maximum Gasteiger partial charge on any atom is 0.265 e. The Morgan fingerprint density at radius 2 is 1.74 bits per heavy atom. The van der Waals surface area contributed by atoms with E-state index in [9.17, 15) is 4.79 Å². The maximum atomic E-state index is 14.1. The van der Waals surface area contributed by atoms with E-state index in [1.807, 2.05) is 56.0 Å². The van der Waals surface area contributed by atoms with Gasteiger partial charge in [0.25, 0.3) is 5.91 Å². The van der Waals surface area contributed by atoms with Crippen molar-refractivity contribution in [3.8, 4) is 11.5 Å². The Bertz CT molecular complexity index is 1400. The normalized spacial score (nSPS) is 15.3. The zero-order chi connectivity index (χ0) is 24.0. The number of aryl methyl sites for hydroxylation is 3. The van der Waals surface area contributed by atoms with Crippen molar-refractivity contribution in [2.45, 2.75) is 33.2 Å². The third-order valence-corrected chi connectivity index (χ3v) is 7.70. The Labute approximate surface area is 203 Å². The second kappa shape index (κ2) is 8.72. The number of carbonyl (C=O) groups excluding carboxylic acids is 1. The molecule has 1 amide bonds. The van der Waals surface area contributed by atoms with Crippen LogP contribution in [-0.4, -0.2) is 41.5 Å². The average molecular weight is 474 g/mol. The molecule has 2 aromatic heterocycles. The van der Waals surface area contributed by atoms with Gasteiger partial charge in [-0.25, -0.2) is 9.97 Å². The molecular weight excluding hydrogens is 446 g/mol. The summed E-state index contributed by atoms with van der Waals surface area (Å²) in [6.07, 6.45) is 0.743. The number of methoxy groups -OCH3 is 2. The highest BCUT2D eigenvalue weighted by Gasteiger charge is 2.35. The van der Waals surface area contributed by atoms with Crippen LogP contribution in [0, 0.1) is 20.8 Å². The number of nitrogens with zero attached hydrogens (tertiary/aromatic N) is 3. The molecular formula is C27H27N3O3S. The molecule has 0 bridgehead atoms. The molecule has 0 N–H and O–H groups in total. The van der Waals surface area contributed by atoms with Gasteiger partial charge in [-0.3, -0.25) is 4.79 Å². The summed E-state index contributed by atoms with van der Waals surface area (Å²) in [7, 11) is 3.29. The van der Waals surface area contributed by atoms with Crippen molar-refractivity contribution in [3.63, 3.8) is 0 Å². The number of fused-ring (bicyclic) bond motifs is 2. The van der Waals surface area contributed by atoms with Crippen molar-refractivity contribution in [1.29, 1.82) is 0 Å². The molecule has 0 saturated carbocycles. The number of rotatable bonds is 4. The average Bonchev–Trinajstić information content (AvgIpc) is 3.18. The van der Waals surface area contributed by atoms with Crippen molar-refractivity contribution < 1.29 is 14.3 Å². The van der Waals surface area contributed by atoms with Gasteiger partial charge in [0.05, 0.1) is 25.1 Å². The number of thiophene rings is 1. The summed E-state index contributed by atoms with van der Waals surface area (Å²) in [5.74, 6) is 2.11. The van der Waals surface area contributed by atoms with Gasteiger partial charge in [-0.1, -0.05) is 30.3 Å². The monoisotopic (exact) mass is 473 g/mol. The van der Waals surface area contributed by atoms with Crippen LogP contribution in [0.5, 0.6) is 11.5 Å². The largest absolute Gasteiger partial charge is 0.493 e. The third-order valence-electron chi connectivity index (χ3n) is 6.53. The van der Waals surface area contributed by atoms with Crippen LogP contribution in [-0.2, 0) is 6.42 Å². The van der Waals surface area contributed by atoms with Gasteiger partial charge < -0.3 is 14.4 Å². The topological polar surface area (TPSA) is 64.6 Å². The first-order chi connectivity index (χ1) is 16.4. The smallest absolute Gasteiger partial charge is 0.265 e. The number of hydrogen-bond acceptors (Lipinski definition) is 6. The van der Waals surface area contributed by atoms with Gasteiger partial charge in [0.15, 0.2) is 11.5 Å². The molecule has 5 rings (SSSR count). The number of carbonyl (C=O) groups is 1. The van der Waals surface area contributed by atoms with Gasteiger partial charge in [0.2, 0.25) is 0 Å². The van der Waals surface area contributed by atoms with Crippen molar-refractivity contribution in [2.24, 2.45) is 0 Å². The molecule has 0 saturated heterocycles. The van der Waals surface area contributed by atoms with Crippen LogP contribution in [0.3, 0.4) is 0 Å². The van der Waals surface area contributed by atoms with Crippen LogP contribution in [0.15, 0.2) is 42.5 Å². The number of aromatic nitrogens is 2. The van der Waals surface area contributed by atoms with Crippen molar-refractivity contribution in [3.05, 3.63) is 81.1 Å². The standard InChI is InChI=1S/C27H27N3O3S/c1-15-23-16(2)28-17(3)29-26(23)34-25(15)27(31)30-12-11-19-13-21(32-4)22(33-5)14-20(19)24(30)18-9-7-6-8-10-18/h6-10,13-14,24H,11-12H2,1-5H3. The lowest BCUT2D eigenvalue weighted by Crippen LogP contribution is -2.40.